The molecule has 0 fully saturated rings. The minimum Gasteiger partial charge on any atom is -0.454 e. The molecular weight excluding hydrogens is 367 g/mol. The van der Waals surface area contributed by atoms with E-state index in [0.717, 1.165) is 4.73 Å². The van der Waals surface area contributed by atoms with Crippen LogP contribution >= 0.6 is 0 Å². The zero-order chi connectivity index (χ0) is 19.5. The molecule has 28 heavy (non-hydrogen) atoms. The van der Waals surface area contributed by atoms with E-state index in [1.165, 1.54) is 24.4 Å². The molecule has 0 aliphatic carbocycles. The van der Waals surface area contributed by atoms with Gasteiger partial charge in [-0.05, 0) is 30.3 Å². The number of benzene rings is 2. The van der Waals surface area contributed by atoms with Gasteiger partial charge in [-0.2, -0.15) is 4.73 Å². The number of carbonyl (C=O) groups is 1. The molecule has 0 saturated carbocycles. The smallest absolute Gasteiger partial charge is 0.295 e. The summed E-state index contributed by atoms with van der Waals surface area (Å²) in [4.78, 5) is 30.4. The third-order valence-corrected chi connectivity index (χ3v) is 4.11. The van der Waals surface area contributed by atoms with E-state index in [4.69, 9.17) is 14.3 Å². The lowest BCUT2D eigenvalue weighted by atomic mass is 10.2. The van der Waals surface area contributed by atoms with Crippen LogP contribution in [0.1, 0.15) is 15.9 Å². The molecule has 8 heteroatoms. The summed E-state index contributed by atoms with van der Waals surface area (Å²) in [6, 6.07) is 13.9. The highest BCUT2D eigenvalue weighted by atomic mass is 19.1. The predicted molar refractivity (Wildman–Crippen MR) is 97.9 cm³/mol. The lowest BCUT2D eigenvalue weighted by molar-refractivity contribution is 0.0847. The van der Waals surface area contributed by atoms with E-state index in [-0.39, 0.29) is 19.0 Å². The molecule has 7 nitrogen and oxygen atoms in total. The number of hydrogen-bond donors (Lipinski definition) is 1. The maximum absolute atomic E-state index is 13.7. The molecule has 1 aromatic heterocycles. The number of rotatable bonds is 5. The lowest BCUT2D eigenvalue weighted by Crippen LogP contribution is -2.32. The van der Waals surface area contributed by atoms with E-state index < -0.39 is 17.3 Å². The normalized spacial score (nSPS) is 11.9. The average molecular weight is 382 g/mol. The second-order valence-electron chi connectivity index (χ2n) is 5.94. The molecule has 0 saturated heterocycles. The third kappa shape index (κ3) is 3.52. The molecule has 142 valence electrons. The van der Waals surface area contributed by atoms with Crippen LogP contribution in [0.3, 0.4) is 0 Å². The SMILES string of the molecule is O=C(Nc1ccc2c(c1)OCO2)c1cccn(OCc2ccccc2F)c1=O. The van der Waals surface area contributed by atoms with Crippen LogP contribution in [-0.2, 0) is 6.61 Å². The van der Waals surface area contributed by atoms with Crippen molar-refractivity contribution in [3.8, 4) is 11.5 Å². The maximum Gasteiger partial charge on any atom is 0.295 e. The number of nitrogens with zero attached hydrogens (tertiary/aromatic N) is 1. The molecule has 2 aromatic carbocycles. The van der Waals surface area contributed by atoms with Crippen molar-refractivity contribution < 1.29 is 23.5 Å². The minimum absolute atomic E-state index is 0.117. The summed E-state index contributed by atoms with van der Waals surface area (Å²) in [5.74, 6) is 0.0538. The van der Waals surface area contributed by atoms with E-state index in [2.05, 4.69) is 5.32 Å². The first kappa shape index (κ1) is 17.6. The van der Waals surface area contributed by atoms with Crippen molar-refractivity contribution in [2.75, 3.05) is 12.1 Å². The average Bonchev–Trinajstić information content (AvgIpc) is 3.16. The van der Waals surface area contributed by atoms with Gasteiger partial charge in [0.25, 0.3) is 11.5 Å². The minimum atomic E-state index is -0.655. The second kappa shape index (κ2) is 7.43. The Morgan fingerprint density at radius 3 is 2.79 bits per heavy atom. The zero-order valence-corrected chi connectivity index (χ0v) is 14.6. The van der Waals surface area contributed by atoms with Gasteiger partial charge in [-0.1, -0.05) is 18.2 Å². The van der Waals surface area contributed by atoms with Gasteiger partial charge in [-0.3, -0.25) is 9.59 Å². The first-order valence-corrected chi connectivity index (χ1v) is 8.41. The van der Waals surface area contributed by atoms with Gasteiger partial charge in [-0.25, -0.2) is 4.39 Å². The molecule has 3 aromatic rings. The van der Waals surface area contributed by atoms with Gasteiger partial charge in [0.15, 0.2) is 11.5 Å². The zero-order valence-electron chi connectivity index (χ0n) is 14.6. The van der Waals surface area contributed by atoms with E-state index in [9.17, 15) is 14.0 Å². The summed E-state index contributed by atoms with van der Waals surface area (Å²) in [7, 11) is 0. The van der Waals surface area contributed by atoms with Crippen molar-refractivity contribution in [1.29, 1.82) is 0 Å². The molecule has 0 unspecified atom stereocenters. The largest absolute Gasteiger partial charge is 0.454 e. The Morgan fingerprint density at radius 2 is 1.93 bits per heavy atom. The highest BCUT2D eigenvalue weighted by molar-refractivity contribution is 6.04. The first-order chi connectivity index (χ1) is 13.6. The summed E-state index contributed by atoms with van der Waals surface area (Å²) in [5.41, 5.74) is -0.0216. The van der Waals surface area contributed by atoms with Gasteiger partial charge >= 0.3 is 0 Å². The molecule has 0 atom stereocenters. The van der Waals surface area contributed by atoms with Crippen LogP contribution < -0.4 is 25.2 Å². The summed E-state index contributed by atoms with van der Waals surface area (Å²) in [6.45, 7) is -0.0325. The Labute approximate surface area is 158 Å². The van der Waals surface area contributed by atoms with Crippen LogP contribution in [0, 0.1) is 5.82 Å². The molecule has 4 rings (SSSR count). The second-order valence-corrected chi connectivity index (χ2v) is 5.94. The van der Waals surface area contributed by atoms with Crippen molar-refractivity contribution in [3.05, 3.63) is 88.1 Å². The van der Waals surface area contributed by atoms with Crippen molar-refractivity contribution >= 4 is 11.6 Å². The summed E-state index contributed by atoms with van der Waals surface area (Å²) < 4.78 is 25.1. The lowest BCUT2D eigenvalue weighted by Gasteiger charge is -2.11. The van der Waals surface area contributed by atoms with Crippen LogP contribution in [0.25, 0.3) is 0 Å². The van der Waals surface area contributed by atoms with Gasteiger partial charge in [-0.15, -0.1) is 0 Å². The van der Waals surface area contributed by atoms with E-state index >= 15 is 0 Å². The number of hydrogen-bond acceptors (Lipinski definition) is 5. The quantitative estimate of drug-likeness (QED) is 0.734. The molecule has 0 bridgehead atoms. The predicted octanol–water partition coefficient (Wildman–Crippen LogP) is 2.60. The van der Waals surface area contributed by atoms with Crippen LogP contribution in [0.2, 0.25) is 0 Å². The number of amides is 1. The fraction of sp³-hybridized carbons (Fsp3) is 0.100. The Morgan fingerprint density at radius 1 is 1.11 bits per heavy atom. The van der Waals surface area contributed by atoms with Crippen LogP contribution in [0.4, 0.5) is 10.1 Å². The summed E-state index contributed by atoms with van der Waals surface area (Å²) >= 11 is 0. The van der Waals surface area contributed by atoms with Gasteiger partial charge in [0.1, 0.15) is 18.0 Å². The summed E-state index contributed by atoms with van der Waals surface area (Å²) in [5, 5.41) is 2.64. The first-order valence-electron chi connectivity index (χ1n) is 8.41. The molecule has 1 aliphatic heterocycles. The summed E-state index contributed by atoms with van der Waals surface area (Å²) in [6.07, 6.45) is 1.36. The third-order valence-electron chi connectivity index (χ3n) is 4.11. The number of nitrogens with one attached hydrogen (secondary N) is 1. The topological polar surface area (TPSA) is 78.8 Å². The molecule has 1 aliphatic rings. The maximum atomic E-state index is 13.7. The van der Waals surface area contributed by atoms with Crippen LogP contribution in [0.5, 0.6) is 11.5 Å². The number of pyridine rings is 1. The molecule has 2 heterocycles. The Kier molecular flexibility index (Phi) is 4.67. The fourth-order valence-electron chi connectivity index (χ4n) is 2.68. The van der Waals surface area contributed by atoms with Crippen molar-refractivity contribution in [3.63, 3.8) is 0 Å². The number of ether oxygens (including phenoxy) is 2. The molecule has 0 spiro atoms. The number of fused-ring (bicyclic) bond motifs is 1. The Hall–Kier alpha value is -3.81. The molecule has 0 radical (unpaired) electrons. The number of anilines is 1. The van der Waals surface area contributed by atoms with Crippen LogP contribution in [-0.4, -0.2) is 17.4 Å². The van der Waals surface area contributed by atoms with Crippen molar-refractivity contribution in [2.24, 2.45) is 0 Å². The van der Waals surface area contributed by atoms with Crippen molar-refractivity contribution in [2.45, 2.75) is 6.61 Å². The Balaban J connectivity index is 1.50. The Bertz CT molecular complexity index is 1100. The standard InChI is InChI=1S/C20H15FN2O5/c21-16-6-2-1-4-13(16)11-28-23-9-3-5-15(20(23)25)19(24)22-14-7-8-17-18(10-14)27-12-26-17/h1-10H,11-12H2,(H,22,24). The van der Waals surface area contributed by atoms with Crippen molar-refractivity contribution in [1.82, 2.24) is 4.73 Å². The number of carbonyl (C=O) groups excluding carboxylic acids is 1. The van der Waals surface area contributed by atoms with Gasteiger partial charge in [0.2, 0.25) is 6.79 Å². The van der Waals surface area contributed by atoms with Gasteiger partial charge < -0.3 is 19.6 Å². The van der Waals surface area contributed by atoms with Gasteiger partial charge in [0, 0.05) is 23.5 Å². The monoisotopic (exact) mass is 382 g/mol. The van der Waals surface area contributed by atoms with E-state index in [1.807, 2.05) is 0 Å². The van der Waals surface area contributed by atoms with Gasteiger partial charge in [0.05, 0.1) is 0 Å². The molecule has 1 amide bonds. The van der Waals surface area contributed by atoms with E-state index in [1.54, 1.807) is 36.4 Å². The highest BCUT2D eigenvalue weighted by Crippen LogP contribution is 2.34. The number of aromatic nitrogens is 1. The number of halogens is 1. The molecular formula is C20H15FN2O5. The van der Waals surface area contributed by atoms with Crippen LogP contribution in [0.15, 0.2) is 65.6 Å². The fourth-order valence-corrected chi connectivity index (χ4v) is 2.68. The van der Waals surface area contributed by atoms with E-state index in [0.29, 0.717) is 22.7 Å². The highest BCUT2D eigenvalue weighted by Gasteiger charge is 2.17. The molecule has 1 N–H and O–H groups in total.